The van der Waals surface area contributed by atoms with E-state index in [0.29, 0.717) is 22.8 Å². The molecular weight excluding hydrogens is 250 g/mol. The van der Waals surface area contributed by atoms with E-state index >= 15 is 0 Å². The molecule has 1 aromatic carbocycles. The number of carbonyl (C=O) groups excluding carboxylic acids is 1. The maximum absolute atomic E-state index is 11.9. The molecule has 0 heterocycles. The number of anilines is 1. The summed E-state index contributed by atoms with van der Waals surface area (Å²) < 4.78 is 0. The molecule has 0 fully saturated rings. The number of nitrogens with zero attached hydrogens (tertiary/aromatic N) is 1. The Morgan fingerprint density at radius 1 is 1.39 bits per heavy atom. The number of unbranched alkanes of at least 4 members (excludes halogenated alkanes) is 1. The molecule has 0 radical (unpaired) electrons. The number of nitrogen functional groups attached to an aromatic ring is 1. The maximum atomic E-state index is 11.9. The molecule has 0 aliphatic carbocycles. The average Bonchev–Trinajstić information content (AvgIpc) is 2.27. The zero-order chi connectivity index (χ0) is 13.5. The summed E-state index contributed by atoms with van der Waals surface area (Å²) in [5.41, 5.74) is 6.52. The molecule has 4 nitrogen and oxygen atoms in total. The third kappa shape index (κ3) is 4.55. The van der Waals surface area contributed by atoms with Crippen molar-refractivity contribution in [2.75, 3.05) is 32.9 Å². The highest BCUT2D eigenvalue weighted by molar-refractivity contribution is 6.34. The fourth-order valence-corrected chi connectivity index (χ4v) is 1.89. The van der Waals surface area contributed by atoms with Crippen molar-refractivity contribution >= 4 is 23.2 Å². The molecule has 3 N–H and O–H groups in total. The van der Waals surface area contributed by atoms with Crippen molar-refractivity contribution in [3.05, 3.63) is 28.8 Å². The summed E-state index contributed by atoms with van der Waals surface area (Å²) in [5, 5.41) is 3.22. The molecule has 100 valence electrons. The summed E-state index contributed by atoms with van der Waals surface area (Å²) >= 11 is 5.96. The molecular formula is C13H20ClN3O. The Balaban J connectivity index is 2.41. The predicted molar refractivity (Wildman–Crippen MR) is 76.0 cm³/mol. The van der Waals surface area contributed by atoms with Gasteiger partial charge in [0.1, 0.15) is 0 Å². The molecule has 18 heavy (non-hydrogen) atoms. The normalized spacial score (nSPS) is 10.7. The van der Waals surface area contributed by atoms with Crippen LogP contribution in [0.5, 0.6) is 0 Å². The topological polar surface area (TPSA) is 58.4 Å². The summed E-state index contributed by atoms with van der Waals surface area (Å²) in [4.78, 5) is 14.0. The molecule has 1 aromatic rings. The quantitative estimate of drug-likeness (QED) is 0.613. The molecule has 0 spiro atoms. The van der Waals surface area contributed by atoms with Gasteiger partial charge in [0.15, 0.2) is 0 Å². The van der Waals surface area contributed by atoms with E-state index in [4.69, 9.17) is 17.3 Å². The first-order valence-corrected chi connectivity index (χ1v) is 6.37. The van der Waals surface area contributed by atoms with E-state index in [0.717, 1.165) is 19.4 Å². The number of nitrogens with two attached hydrogens (primary N) is 1. The summed E-state index contributed by atoms with van der Waals surface area (Å²) in [6.07, 6.45) is 1.99. The van der Waals surface area contributed by atoms with Gasteiger partial charge < -0.3 is 16.0 Å². The van der Waals surface area contributed by atoms with Gasteiger partial charge in [0.05, 0.1) is 10.6 Å². The van der Waals surface area contributed by atoms with E-state index in [2.05, 4.69) is 10.2 Å². The lowest BCUT2D eigenvalue weighted by Gasteiger charge is -2.11. The van der Waals surface area contributed by atoms with Crippen LogP contribution in [-0.4, -0.2) is 38.0 Å². The van der Waals surface area contributed by atoms with E-state index in [1.165, 1.54) is 0 Å². The minimum Gasteiger partial charge on any atom is -0.398 e. The van der Waals surface area contributed by atoms with E-state index in [-0.39, 0.29) is 5.91 Å². The van der Waals surface area contributed by atoms with Gasteiger partial charge in [-0.15, -0.1) is 0 Å². The van der Waals surface area contributed by atoms with Crippen LogP contribution in [0, 0.1) is 0 Å². The van der Waals surface area contributed by atoms with Crippen LogP contribution in [0.25, 0.3) is 0 Å². The molecule has 0 aliphatic heterocycles. The van der Waals surface area contributed by atoms with Crippen molar-refractivity contribution in [2.24, 2.45) is 0 Å². The largest absolute Gasteiger partial charge is 0.398 e. The number of rotatable bonds is 6. The lowest BCUT2D eigenvalue weighted by atomic mass is 10.1. The van der Waals surface area contributed by atoms with Crippen molar-refractivity contribution in [1.82, 2.24) is 10.2 Å². The third-order valence-corrected chi connectivity index (χ3v) is 2.91. The number of benzene rings is 1. The van der Waals surface area contributed by atoms with Crippen LogP contribution in [-0.2, 0) is 0 Å². The van der Waals surface area contributed by atoms with Crippen molar-refractivity contribution in [1.29, 1.82) is 0 Å². The molecule has 1 rings (SSSR count). The molecule has 0 unspecified atom stereocenters. The van der Waals surface area contributed by atoms with Crippen molar-refractivity contribution < 1.29 is 4.79 Å². The molecule has 0 saturated heterocycles. The summed E-state index contributed by atoms with van der Waals surface area (Å²) in [7, 11) is 4.06. The van der Waals surface area contributed by atoms with Gasteiger partial charge in [0.25, 0.3) is 5.91 Å². The summed E-state index contributed by atoms with van der Waals surface area (Å²) in [5.74, 6) is -0.206. The first-order chi connectivity index (χ1) is 8.52. The number of nitrogens with one attached hydrogen (secondary N) is 1. The second-order valence-corrected chi connectivity index (χ2v) is 4.88. The molecule has 0 saturated carbocycles. The maximum Gasteiger partial charge on any atom is 0.254 e. The average molecular weight is 270 g/mol. The van der Waals surface area contributed by atoms with Crippen LogP contribution in [0.4, 0.5) is 5.69 Å². The number of carbonyl (C=O) groups is 1. The Morgan fingerprint density at radius 3 is 2.72 bits per heavy atom. The zero-order valence-electron chi connectivity index (χ0n) is 10.9. The minimum atomic E-state index is -0.206. The number of halogens is 1. The molecule has 0 bridgehead atoms. The fraction of sp³-hybridized carbons (Fsp3) is 0.462. The lowest BCUT2D eigenvalue weighted by molar-refractivity contribution is 0.0954. The van der Waals surface area contributed by atoms with Gasteiger partial charge in [-0.3, -0.25) is 4.79 Å². The number of hydrogen-bond donors (Lipinski definition) is 2. The fourth-order valence-electron chi connectivity index (χ4n) is 1.62. The highest BCUT2D eigenvalue weighted by Crippen LogP contribution is 2.21. The first-order valence-electron chi connectivity index (χ1n) is 5.99. The van der Waals surface area contributed by atoms with Crippen LogP contribution in [0.2, 0.25) is 5.02 Å². The Hall–Kier alpha value is -1.26. The third-order valence-electron chi connectivity index (χ3n) is 2.59. The first kappa shape index (κ1) is 14.8. The Bertz CT molecular complexity index is 387. The van der Waals surface area contributed by atoms with Gasteiger partial charge in [-0.1, -0.05) is 17.7 Å². The van der Waals surface area contributed by atoms with Crippen LogP contribution in [0.15, 0.2) is 18.2 Å². The molecule has 0 aliphatic rings. The van der Waals surface area contributed by atoms with E-state index < -0.39 is 0 Å². The smallest absolute Gasteiger partial charge is 0.254 e. The number of amides is 1. The van der Waals surface area contributed by atoms with Gasteiger partial charge in [0, 0.05) is 12.2 Å². The van der Waals surface area contributed by atoms with E-state index in [9.17, 15) is 4.79 Å². The molecule has 1 amide bonds. The molecule has 0 aromatic heterocycles. The zero-order valence-corrected chi connectivity index (χ0v) is 11.6. The monoisotopic (exact) mass is 269 g/mol. The molecule has 5 heteroatoms. The minimum absolute atomic E-state index is 0.206. The molecule has 0 atom stereocenters. The van der Waals surface area contributed by atoms with Gasteiger partial charge in [0.2, 0.25) is 0 Å². The SMILES string of the molecule is CN(C)CCCCNC(=O)c1c(N)cccc1Cl. The second-order valence-electron chi connectivity index (χ2n) is 4.47. The van der Waals surface area contributed by atoms with Gasteiger partial charge in [-0.05, 0) is 45.6 Å². The highest BCUT2D eigenvalue weighted by atomic mass is 35.5. The van der Waals surface area contributed by atoms with Gasteiger partial charge in [-0.25, -0.2) is 0 Å². The van der Waals surface area contributed by atoms with E-state index in [1.54, 1.807) is 18.2 Å². The predicted octanol–water partition coefficient (Wildman–Crippen LogP) is 1.99. The van der Waals surface area contributed by atoms with Gasteiger partial charge >= 0.3 is 0 Å². The Morgan fingerprint density at radius 2 is 2.11 bits per heavy atom. The Labute approximate surface area is 113 Å². The van der Waals surface area contributed by atoms with E-state index in [1.807, 2.05) is 14.1 Å². The standard InChI is InChI=1S/C13H20ClN3O/c1-17(2)9-4-3-8-16-13(18)12-10(14)6-5-7-11(12)15/h5-7H,3-4,8-9,15H2,1-2H3,(H,16,18). The lowest BCUT2D eigenvalue weighted by Crippen LogP contribution is -2.26. The van der Waals surface area contributed by atoms with Gasteiger partial charge in [-0.2, -0.15) is 0 Å². The number of hydrogen-bond acceptors (Lipinski definition) is 3. The van der Waals surface area contributed by atoms with Crippen LogP contribution in [0.3, 0.4) is 0 Å². The van der Waals surface area contributed by atoms with Crippen LogP contribution < -0.4 is 11.1 Å². The van der Waals surface area contributed by atoms with Crippen LogP contribution in [0.1, 0.15) is 23.2 Å². The second kappa shape index (κ2) is 7.24. The van der Waals surface area contributed by atoms with Crippen molar-refractivity contribution in [3.8, 4) is 0 Å². The Kier molecular flexibility index (Phi) is 5.95. The highest BCUT2D eigenvalue weighted by Gasteiger charge is 2.12. The van der Waals surface area contributed by atoms with Crippen molar-refractivity contribution in [2.45, 2.75) is 12.8 Å². The van der Waals surface area contributed by atoms with Crippen LogP contribution >= 0.6 is 11.6 Å². The summed E-state index contributed by atoms with van der Waals surface area (Å²) in [6, 6.07) is 5.07. The van der Waals surface area contributed by atoms with Crippen molar-refractivity contribution in [3.63, 3.8) is 0 Å². The summed E-state index contributed by atoms with van der Waals surface area (Å²) in [6.45, 7) is 1.65.